The molecular weight excluding hydrogens is 252 g/mol. The zero-order valence-corrected chi connectivity index (χ0v) is 10.9. The largest absolute Gasteiger partial charge is 0.479 e. The average Bonchev–Trinajstić information content (AvgIpc) is 2.29. The molecule has 0 aliphatic rings. The van der Waals surface area contributed by atoms with Crippen LogP contribution in [-0.4, -0.2) is 28.4 Å². The van der Waals surface area contributed by atoms with Crippen molar-refractivity contribution >= 4 is 23.8 Å². The van der Waals surface area contributed by atoms with Gasteiger partial charge in [0.1, 0.15) is 5.54 Å². The van der Waals surface area contributed by atoms with Crippen LogP contribution in [0, 0.1) is 0 Å². The molecule has 0 saturated carbocycles. The summed E-state index contributed by atoms with van der Waals surface area (Å²) in [4.78, 5) is 21.9. The van der Waals surface area contributed by atoms with Gasteiger partial charge in [0.2, 0.25) is 0 Å². The van der Waals surface area contributed by atoms with Gasteiger partial charge in [-0.1, -0.05) is 30.3 Å². The topological polar surface area (TPSA) is 92.4 Å². The lowest BCUT2D eigenvalue weighted by atomic mass is 10.1. The van der Waals surface area contributed by atoms with Gasteiger partial charge in [-0.15, -0.1) is 0 Å². The van der Waals surface area contributed by atoms with Crippen LogP contribution >= 0.6 is 11.8 Å². The number of urea groups is 1. The van der Waals surface area contributed by atoms with E-state index in [-0.39, 0.29) is 5.75 Å². The Labute approximate surface area is 110 Å². The zero-order chi connectivity index (χ0) is 13.6. The first-order valence-electron chi connectivity index (χ1n) is 5.37. The molecule has 0 aliphatic carbocycles. The van der Waals surface area contributed by atoms with Crippen molar-refractivity contribution in [1.82, 2.24) is 5.32 Å². The van der Waals surface area contributed by atoms with Crippen molar-refractivity contribution in [2.45, 2.75) is 18.2 Å². The Hall–Kier alpha value is -1.69. The minimum Gasteiger partial charge on any atom is -0.479 e. The summed E-state index contributed by atoms with van der Waals surface area (Å²) < 4.78 is 0. The lowest BCUT2D eigenvalue weighted by Gasteiger charge is -2.24. The Kier molecular flexibility index (Phi) is 5.03. The highest BCUT2D eigenvalue weighted by atomic mass is 32.2. The molecule has 0 aromatic heterocycles. The molecule has 0 heterocycles. The predicted molar refractivity (Wildman–Crippen MR) is 71.4 cm³/mol. The number of benzene rings is 1. The SMILES string of the molecule is C[C@](CSCc1ccccc1)(NC(N)=O)C(=O)O. The second kappa shape index (κ2) is 6.30. The van der Waals surface area contributed by atoms with E-state index in [1.54, 1.807) is 0 Å². The summed E-state index contributed by atoms with van der Waals surface area (Å²) in [6.07, 6.45) is 0. The highest BCUT2D eigenvalue weighted by Gasteiger charge is 2.34. The average molecular weight is 268 g/mol. The van der Waals surface area contributed by atoms with Gasteiger partial charge in [-0.25, -0.2) is 9.59 Å². The van der Waals surface area contributed by atoms with Crippen molar-refractivity contribution < 1.29 is 14.7 Å². The first-order valence-corrected chi connectivity index (χ1v) is 6.52. The summed E-state index contributed by atoms with van der Waals surface area (Å²) in [6.45, 7) is 1.44. The molecule has 0 bridgehead atoms. The lowest BCUT2D eigenvalue weighted by molar-refractivity contribution is -0.142. The number of hydrogen-bond donors (Lipinski definition) is 3. The molecule has 1 rings (SSSR count). The number of thioether (sulfide) groups is 1. The third kappa shape index (κ3) is 4.29. The van der Waals surface area contributed by atoms with E-state index in [4.69, 9.17) is 10.8 Å². The number of carboxylic acids is 1. The molecule has 1 atom stereocenters. The van der Waals surface area contributed by atoms with Gasteiger partial charge in [-0.2, -0.15) is 11.8 Å². The fourth-order valence-electron chi connectivity index (χ4n) is 1.37. The molecule has 0 radical (unpaired) electrons. The van der Waals surface area contributed by atoms with Crippen LogP contribution in [0.4, 0.5) is 4.79 Å². The first-order chi connectivity index (χ1) is 8.44. The van der Waals surface area contributed by atoms with Gasteiger partial charge in [0.15, 0.2) is 0 Å². The van der Waals surface area contributed by atoms with Crippen LogP contribution in [0.5, 0.6) is 0 Å². The Morgan fingerprint density at radius 2 is 2.00 bits per heavy atom. The van der Waals surface area contributed by atoms with E-state index in [0.717, 1.165) is 5.56 Å². The standard InChI is InChI=1S/C12H16N2O3S/c1-12(10(15)16,14-11(13)17)8-18-7-9-5-3-2-4-6-9/h2-6H,7-8H2,1H3,(H,15,16)(H3,13,14,17)/t12-/m1/s1. The normalized spacial score (nSPS) is 13.6. The van der Waals surface area contributed by atoms with E-state index in [1.165, 1.54) is 18.7 Å². The smallest absolute Gasteiger partial charge is 0.330 e. The molecule has 0 unspecified atom stereocenters. The van der Waals surface area contributed by atoms with Gasteiger partial charge >= 0.3 is 12.0 Å². The van der Waals surface area contributed by atoms with Crippen LogP contribution in [0.25, 0.3) is 0 Å². The van der Waals surface area contributed by atoms with Gasteiger partial charge in [0.05, 0.1) is 0 Å². The highest BCUT2D eigenvalue weighted by molar-refractivity contribution is 7.98. The Bertz CT molecular complexity index is 425. The second-order valence-corrected chi connectivity index (χ2v) is 5.09. The molecule has 6 heteroatoms. The summed E-state index contributed by atoms with van der Waals surface area (Å²) in [7, 11) is 0. The summed E-state index contributed by atoms with van der Waals surface area (Å²) >= 11 is 1.43. The van der Waals surface area contributed by atoms with E-state index < -0.39 is 17.5 Å². The van der Waals surface area contributed by atoms with Crippen LogP contribution in [0.15, 0.2) is 30.3 Å². The van der Waals surface area contributed by atoms with Crippen molar-refractivity contribution in [2.75, 3.05) is 5.75 Å². The van der Waals surface area contributed by atoms with Crippen LogP contribution in [-0.2, 0) is 10.5 Å². The Morgan fingerprint density at radius 3 is 2.50 bits per heavy atom. The lowest BCUT2D eigenvalue weighted by Crippen LogP contribution is -2.55. The van der Waals surface area contributed by atoms with E-state index in [1.807, 2.05) is 30.3 Å². The van der Waals surface area contributed by atoms with Crippen LogP contribution < -0.4 is 11.1 Å². The molecule has 98 valence electrons. The number of amides is 2. The third-order valence-corrected chi connectivity index (χ3v) is 3.69. The van der Waals surface area contributed by atoms with Crippen molar-refractivity contribution in [2.24, 2.45) is 5.73 Å². The van der Waals surface area contributed by atoms with E-state index in [2.05, 4.69) is 5.32 Å². The predicted octanol–water partition coefficient (Wildman–Crippen LogP) is 1.43. The number of aliphatic carboxylic acids is 1. The molecule has 0 fully saturated rings. The summed E-state index contributed by atoms with van der Waals surface area (Å²) in [5.41, 5.74) is 4.74. The van der Waals surface area contributed by atoms with Crippen LogP contribution in [0.2, 0.25) is 0 Å². The first kappa shape index (κ1) is 14.4. The third-order valence-electron chi connectivity index (χ3n) is 2.37. The molecule has 0 saturated heterocycles. The molecule has 0 spiro atoms. The summed E-state index contributed by atoms with van der Waals surface area (Å²) in [6, 6.07) is 8.87. The maximum Gasteiger partial charge on any atom is 0.330 e. The Morgan fingerprint density at radius 1 is 1.39 bits per heavy atom. The minimum absolute atomic E-state index is 0.250. The van der Waals surface area contributed by atoms with Gasteiger partial charge in [0.25, 0.3) is 0 Å². The molecular formula is C12H16N2O3S. The molecule has 1 aromatic rings. The van der Waals surface area contributed by atoms with E-state index in [9.17, 15) is 9.59 Å². The Balaban J connectivity index is 2.53. The zero-order valence-electron chi connectivity index (χ0n) is 10.1. The molecule has 4 N–H and O–H groups in total. The van der Waals surface area contributed by atoms with E-state index in [0.29, 0.717) is 5.75 Å². The number of hydrogen-bond acceptors (Lipinski definition) is 3. The van der Waals surface area contributed by atoms with Crippen molar-refractivity contribution in [1.29, 1.82) is 0 Å². The van der Waals surface area contributed by atoms with Gasteiger partial charge in [-0.3, -0.25) is 0 Å². The van der Waals surface area contributed by atoms with Gasteiger partial charge in [0, 0.05) is 11.5 Å². The fraction of sp³-hybridized carbons (Fsp3) is 0.333. The van der Waals surface area contributed by atoms with Crippen LogP contribution in [0.1, 0.15) is 12.5 Å². The molecule has 18 heavy (non-hydrogen) atoms. The number of primary amides is 1. The maximum absolute atomic E-state index is 11.1. The second-order valence-electron chi connectivity index (χ2n) is 4.10. The molecule has 5 nitrogen and oxygen atoms in total. The number of nitrogens with two attached hydrogens (primary N) is 1. The maximum atomic E-state index is 11.1. The summed E-state index contributed by atoms with van der Waals surface area (Å²) in [5, 5.41) is 11.4. The number of rotatable bonds is 6. The monoisotopic (exact) mass is 268 g/mol. The molecule has 0 aliphatic heterocycles. The van der Waals surface area contributed by atoms with Gasteiger partial charge < -0.3 is 16.2 Å². The minimum atomic E-state index is -1.34. The number of carboxylic acid groups (broad SMARTS) is 1. The number of carbonyl (C=O) groups is 2. The molecule has 1 aromatic carbocycles. The number of carbonyl (C=O) groups excluding carboxylic acids is 1. The van der Waals surface area contributed by atoms with Gasteiger partial charge in [-0.05, 0) is 12.5 Å². The summed E-state index contributed by atoms with van der Waals surface area (Å²) in [5.74, 6) is -0.161. The quantitative estimate of drug-likeness (QED) is 0.727. The van der Waals surface area contributed by atoms with Crippen molar-refractivity contribution in [3.63, 3.8) is 0 Å². The van der Waals surface area contributed by atoms with Crippen molar-refractivity contribution in [3.05, 3.63) is 35.9 Å². The van der Waals surface area contributed by atoms with Crippen LogP contribution in [0.3, 0.4) is 0 Å². The fourth-order valence-corrected chi connectivity index (χ4v) is 2.50. The van der Waals surface area contributed by atoms with E-state index >= 15 is 0 Å². The highest BCUT2D eigenvalue weighted by Crippen LogP contribution is 2.18. The molecule has 2 amide bonds. The van der Waals surface area contributed by atoms with Crippen molar-refractivity contribution in [3.8, 4) is 0 Å². The number of nitrogens with one attached hydrogen (secondary N) is 1.